The molecule has 5 heteroatoms. The van der Waals surface area contributed by atoms with E-state index in [9.17, 15) is 4.79 Å². The Morgan fingerprint density at radius 1 is 1.15 bits per heavy atom. The molecule has 1 N–H and O–H groups in total. The van der Waals surface area contributed by atoms with Crippen LogP contribution in [0.1, 0.15) is 5.56 Å². The van der Waals surface area contributed by atoms with E-state index in [-0.39, 0.29) is 5.69 Å². The first kappa shape index (κ1) is 12.5. The van der Waals surface area contributed by atoms with Gasteiger partial charge in [-0.2, -0.15) is 0 Å². The van der Waals surface area contributed by atoms with Gasteiger partial charge in [-0.3, -0.25) is 4.40 Å². The Hall–Kier alpha value is -2.56. The van der Waals surface area contributed by atoms with E-state index in [4.69, 9.17) is 0 Å². The molecule has 0 atom stereocenters. The number of aryl methyl sites for hydroxylation is 1. The minimum atomic E-state index is -0.104. The number of para-hydroxylation sites is 1. The second kappa shape index (κ2) is 5.21. The summed E-state index contributed by atoms with van der Waals surface area (Å²) in [6.07, 6.45) is 1.73. The van der Waals surface area contributed by atoms with Crippen molar-refractivity contribution >= 4 is 11.3 Å². The lowest BCUT2D eigenvalue weighted by atomic mass is 10.2. The lowest BCUT2D eigenvalue weighted by Crippen LogP contribution is -2.24. The molecule has 1 aromatic carbocycles. The fraction of sp³-hybridized carbons (Fsp3) is 0.200. The van der Waals surface area contributed by atoms with Gasteiger partial charge in [-0.25, -0.2) is 9.48 Å². The van der Waals surface area contributed by atoms with E-state index >= 15 is 0 Å². The Kier molecular flexibility index (Phi) is 3.25. The van der Waals surface area contributed by atoms with Crippen molar-refractivity contribution in [3.63, 3.8) is 0 Å². The van der Waals surface area contributed by atoms with Gasteiger partial charge in [-0.1, -0.05) is 24.3 Å². The molecule has 0 aliphatic carbocycles. The number of fused-ring (bicyclic) bond motifs is 1. The van der Waals surface area contributed by atoms with E-state index in [1.54, 1.807) is 10.6 Å². The van der Waals surface area contributed by atoms with Gasteiger partial charge in [0.2, 0.25) is 0 Å². The SMILES string of the molecule is Cc1ccccc1NCCn1nc2ccccn2c1=O. The van der Waals surface area contributed by atoms with E-state index < -0.39 is 0 Å². The van der Waals surface area contributed by atoms with Gasteiger partial charge in [0.05, 0.1) is 6.54 Å². The van der Waals surface area contributed by atoms with Crippen molar-refractivity contribution in [1.29, 1.82) is 0 Å². The maximum absolute atomic E-state index is 12.1. The molecule has 3 rings (SSSR count). The number of nitrogens with zero attached hydrogens (tertiary/aromatic N) is 3. The van der Waals surface area contributed by atoms with Crippen molar-refractivity contribution in [1.82, 2.24) is 14.2 Å². The predicted octanol–water partition coefficient (Wildman–Crippen LogP) is 1.92. The summed E-state index contributed by atoms with van der Waals surface area (Å²) in [6, 6.07) is 13.6. The van der Waals surface area contributed by atoms with Crippen LogP contribution in [0.2, 0.25) is 0 Å². The Balaban J connectivity index is 1.73. The van der Waals surface area contributed by atoms with Crippen LogP contribution in [0.3, 0.4) is 0 Å². The lowest BCUT2D eigenvalue weighted by Gasteiger charge is -2.08. The van der Waals surface area contributed by atoms with E-state index in [0.717, 1.165) is 5.69 Å². The van der Waals surface area contributed by atoms with Crippen LogP contribution >= 0.6 is 0 Å². The van der Waals surface area contributed by atoms with Crippen molar-refractivity contribution in [3.05, 3.63) is 64.7 Å². The highest BCUT2D eigenvalue weighted by atomic mass is 16.2. The second-order valence-corrected chi connectivity index (χ2v) is 4.68. The van der Waals surface area contributed by atoms with Crippen LogP contribution in [0.4, 0.5) is 5.69 Å². The average molecular weight is 268 g/mol. The number of hydrogen-bond acceptors (Lipinski definition) is 3. The average Bonchev–Trinajstić information content (AvgIpc) is 2.78. The first-order chi connectivity index (χ1) is 9.75. The van der Waals surface area contributed by atoms with Crippen molar-refractivity contribution < 1.29 is 0 Å². The Morgan fingerprint density at radius 2 is 1.95 bits per heavy atom. The van der Waals surface area contributed by atoms with Gasteiger partial charge < -0.3 is 5.32 Å². The standard InChI is InChI=1S/C15H16N4O/c1-12-6-2-3-7-13(12)16-9-11-19-15(20)18-10-5-4-8-14(18)17-19/h2-8,10,16H,9,11H2,1H3. The molecular weight excluding hydrogens is 252 g/mol. The first-order valence-electron chi connectivity index (χ1n) is 6.59. The molecule has 0 radical (unpaired) electrons. The quantitative estimate of drug-likeness (QED) is 0.786. The van der Waals surface area contributed by atoms with Crippen molar-refractivity contribution in [2.24, 2.45) is 0 Å². The van der Waals surface area contributed by atoms with E-state index in [0.29, 0.717) is 18.7 Å². The minimum Gasteiger partial charge on any atom is -0.383 e. The molecule has 0 aliphatic heterocycles. The maximum Gasteiger partial charge on any atom is 0.350 e. The fourth-order valence-corrected chi connectivity index (χ4v) is 2.18. The van der Waals surface area contributed by atoms with Crippen LogP contribution in [0.25, 0.3) is 5.65 Å². The molecule has 0 fully saturated rings. The maximum atomic E-state index is 12.1. The third-order valence-corrected chi connectivity index (χ3v) is 3.27. The summed E-state index contributed by atoms with van der Waals surface area (Å²) in [5.74, 6) is 0. The molecule has 20 heavy (non-hydrogen) atoms. The van der Waals surface area contributed by atoms with E-state index in [1.807, 2.05) is 36.4 Å². The topological polar surface area (TPSA) is 51.3 Å². The number of anilines is 1. The molecule has 2 heterocycles. The highest BCUT2D eigenvalue weighted by Crippen LogP contribution is 2.12. The summed E-state index contributed by atoms with van der Waals surface area (Å²) >= 11 is 0. The summed E-state index contributed by atoms with van der Waals surface area (Å²) < 4.78 is 3.04. The van der Waals surface area contributed by atoms with Crippen LogP contribution in [-0.2, 0) is 6.54 Å². The molecule has 0 saturated carbocycles. The number of rotatable bonds is 4. The summed E-state index contributed by atoms with van der Waals surface area (Å²) in [5, 5.41) is 7.62. The summed E-state index contributed by atoms with van der Waals surface area (Å²) in [6.45, 7) is 3.25. The summed E-state index contributed by atoms with van der Waals surface area (Å²) in [4.78, 5) is 12.1. The highest BCUT2D eigenvalue weighted by Gasteiger charge is 2.05. The molecule has 0 saturated heterocycles. The molecule has 5 nitrogen and oxygen atoms in total. The molecule has 0 bridgehead atoms. The van der Waals surface area contributed by atoms with Crippen LogP contribution in [-0.4, -0.2) is 20.7 Å². The van der Waals surface area contributed by atoms with Gasteiger partial charge >= 0.3 is 5.69 Å². The smallest absolute Gasteiger partial charge is 0.350 e. The summed E-state index contributed by atoms with van der Waals surface area (Å²) in [5.41, 5.74) is 2.85. The Morgan fingerprint density at radius 3 is 2.75 bits per heavy atom. The number of nitrogens with one attached hydrogen (secondary N) is 1. The molecule has 2 aromatic heterocycles. The number of pyridine rings is 1. The number of hydrogen-bond donors (Lipinski definition) is 1. The first-order valence-corrected chi connectivity index (χ1v) is 6.59. The van der Waals surface area contributed by atoms with Crippen LogP contribution < -0.4 is 11.0 Å². The number of aromatic nitrogens is 3. The van der Waals surface area contributed by atoms with Gasteiger partial charge in [0, 0.05) is 18.4 Å². The molecule has 0 unspecified atom stereocenters. The second-order valence-electron chi connectivity index (χ2n) is 4.68. The van der Waals surface area contributed by atoms with Crippen LogP contribution in [0.5, 0.6) is 0 Å². The molecule has 0 aliphatic rings. The molecule has 3 aromatic rings. The van der Waals surface area contributed by atoms with Gasteiger partial charge in [0.1, 0.15) is 0 Å². The van der Waals surface area contributed by atoms with Crippen molar-refractivity contribution in [3.8, 4) is 0 Å². The van der Waals surface area contributed by atoms with Gasteiger partial charge in [0.15, 0.2) is 5.65 Å². The van der Waals surface area contributed by atoms with Crippen LogP contribution in [0, 0.1) is 6.92 Å². The third-order valence-electron chi connectivity index (χ3n) is 3.27. The fourth-order valence-electron chi connectivity index (χ4n) is 2.18. The van der Waals surface area contributed by atoms with Crippen molar-refractivity contribution in [2.45, 2.75) is 13.5 Å². The monoisotopic (exact) mass is 268 g/mol. The largest absolute Gasteiger partial charge is 0.383 e. The molecular formula is C15H16N4O. The van der Waals surface area contributed by atoms with E-state index in [1.165, 1.54) is 10.2 Å². The van der Waals surface area contributed by atoms with E-state index in [2.05, 4.69) is 23.4 Å². The zero-order chi connectivity index (χ0) is 13.9. The van der Waals surface area contributed by atoms with Gasteiger partial charge in [0.25, 0.3) is 0 Å². The Labute approximate surface area is 116 Å². The normalized spacial score (nSPS) is 10.8. The zero-order valence-electron chi connectivity index (χ0n) is 11.3. The lowest BCUT2D eigenvalue weighted by molar-refractivity contribution is 0.614. The van der Waals surface area contributed by atoms with Gasteiger partial charge in [-0.05, 0) is 30.7 Å². The van der Waals surface area contributed by atoms with Crippen LogP contribution in [0.15, 0.2) is 53.5 Å². The van der Waals surface area contributed by atoms with Gasteiger partial charge in [-0.15, -0.1) is 5.10 Å². The van der Waals surface area contributed by atoms with Crippen molar-refractivity contribution in [2.75, 3.05) is 11.9 Å². The molecule has 102 valence electrons. The third kappa shape index (κ3) is 2.30. The zero-order valence-corrected chi connectivity index (χ0v) is 11.3. The predicted molar refractivity (Wildman–Crippen MR) is 79.1 cm³/mol. The minimum absolute atomic E-state index is 0.104. The summed E-state index contributed by atoms with van der Waals surface area (Å²) in [7, 11) is 0. The molecule has 0 spiro atoms. The molecule has 0 amide bonds. The number of benzene rings is 1. The highest BCUT2D eigenvalue weighted by molar-refractivity contribution is 5.50. The Bertz CT molecular complexity index is 788.